The Kier molecular flexibility index (Phi) is 1.28. The molecule has 7 heavy (non-hydrogen) atoms. The molecule has 0 saturated heterocycles. The molecule has 1 aliphatic carbocycles. The fourth-order valence-electron chi connectivity index (χ4n) is 0.786. The molecule has 0 aliphatic heterocycles. The van der Waals surface area contributed by atoms with Crippen LogP contribution in [0.3, 0.4) is 0 Å². The highest BCUT2D eigenvalue weighted by Crippen LogP contribution is 2.25. The van der Waals surface area contributed by atoms with E-state index >= 15 is 0 Å². The minimum Gasteiger partial charge on any atom is -0.327 e. The van der Waals surface area contributed by atoms with E-state index in [2.05, 4.69) is 0 Å². The summed E-state index contributed by atoms with van der Waals surface area (Å²) in [7, 11) is 0. The lowest BCUT2D eigenvalue weighted by Crippen LogP contribution is -2.40. The molecular formula is C5H10FN. The van der Waals surface area contributed by atoms with Gasteiger partial charge < -0.3 is 5.73 Å². The first-order valence-corrected chi connectivity index (χ1v) is 2.66. The Labute approximate surface area is 42.7 Å². The van der Waals surface area contributed by atoms with E-state index in [0.717, 1.165) is 12.8 Å². The number of hydrogen-bond donors (Lipinski definition) is 1. The maximum atomic E-state index is 11.6. The second-order valence-electron chi connectivity index (χ2n) is 2.16. The predicted octanol–water partition coefficient (Wildman–Crippen LogP) is 0.693. The van der Waals surface area contributed by atoms with E-state index in [1.165, 1.54) is 0 Å². The number of nitrogens with two attached hydrogens (primary N) is 1. The van der Waals surface area contributed by atoms with Gasteiger partial charge in [-0.05, 0) is 12.8 Å². The average Bonchev–Trinajstić information content (AvgIpc) is 1.65. The van der Waals surface area contributed by atoms with Gasteiger partial charge in [0.2, 0.25) is 0 Å². The molecule has 1 nitrogen and oxygen atoms in total. The lowest BCUT2D eigenvalue weighted by molar-refractivity contribution is 0.202. The Hall–Kier alpha value is -0.110. The van der Waals surface area contributed by atoms with Crippen molar-refractivity contribution in [3.8, 4) is 0 Å². The van der Waals surface area contributed by atoms with Gasteiger partial charge in [-0.25, -0.2) is 0 Å². The first-order valence-electron chi connectivity index (χ1n) is 2.66. The molecule has 42 valence electrons. The first kappa shape index (κ1) is 5.04. The second-order valence-corrected chi connectivity index (χ2v) is 2.16. The van der Waals surface area contributed by atoms with Crippen LogP contribution >= 0.6 is 0 Å². The van der Waals surface area contributed by atoms with E-state index in [-0.39, 0.29) is 18.6 Å². The van der Waals surface area contributed by atoms with E-state index in [1.54, 1.807) is 0 Å². The van der Waals surface area contributed by atoms with Crippen LogP contribution in [0.4, 0.5) is 4.39 Å². The molecule has 0 aromatic rings. The highest BCUT2D eigenvalue weighted by Gasteiger charge is 2.26. The van der Waals surface area contributed by atoms with E-state index in [1.807, 2.05) is 0 Å². The Morgan fingerprint density at radius 3 is 2.29 bits per heavy atom. The van der Waals surface area contributed by atoms with Gasteiger partial charge in [-0.1, -0.05) is 0 Å². The zero-order valence-corrected chi connectivity index (χ0v) is 4.23. The fourth-order valence-corrected chi connectivity index (χ4v) is 0.786. The molecule has 0 heterocycles. The summed E-state index contributed by atoms with van der Waals surface area (Å²) in [6.07, 6.45) is 2.02. The molecule has 2 heteroatoms. The summed E-state index contributed by atoms with van der Waals surface area (Å²) in [5.41, 5.74) is 5.39. The third-order valence-electron chi connectivity index (χ3n) is 1.67. The Morgan fingerprint density at radius 1 is 1.57 bits per heavy atom. The summed E-state index contributed by atoms with van der Waals surface area (Å²) in [4.78, 5) is 0. The normalized spacial score (nSPS) is 40.3. The first-order chi connectivity index (χ1) is 3.34. The summed E-state index contributed by atoms with van der Waals surface area (Å²) in [6.45, 7) is -0.221. The topological polar surface area (TPSA) is 26.0 Å². The number of halogens is 1. The van der Waals surface area contributed by atoms with Gasteiger partial charge in [0.25, 0.3) is 0 Å². The number of rotatable bonds is 1. The summed E-state index contributed by atoms with van der Waals surface area (Å²) in [5, 5.41) is 0. The van der Waals surface area contributed by atoms with Gasteiger partial charge in [-0.15, -0.1) is 0 Å². The van der Waals surface area contributed by atoms with Crippen molar-refractivity contribution in [2.45, 2.75) is 18.9 Å². The summed E-state index contributed by atoms with van der Waals surface area (Å²) >= 11 is 0. The van der Waals surface area contributed by atoms with Gasteiger partial charge in [-0.2, -0.15) is 0 Å². The molecule has 1 aliphatic rings. The van der Waals surface area contributed by atoms with Crippen molar-refractivity contribution in [3.05, 3.63) is 0 Å². The SMILES string of the molecule is N[C@H]1CC[C@@H]1CF. The van der Waals surface area contributed by atoms with Crippen LogP contribution < -0.4 is 5.73 Å². The van der Waals surface area contributed by atoms with Crippen molar-refractivity contribution < 1.29 is 4.39 Å². The third kappa shape index (κ3) is 0.752. The van der Waals surface area contributed by atoms with E-state index < -0.39 is 0 Å². The molecule has 2 N–H and O–H groups in total. The molecule has 0 amide bonds. The zero-order chi connectivity index (χ0) is 5.28. The molecular weight excluding hydrogens is 93.1 g/mol. The zero-order valence-electron chi connectivity index (χ0n) is 4.23. The van der Waals surface area contributed by atoms with Crippen molar-refractivity contribution in [2.24, 2.45) is 11.7 Å². The van der Waals surface area contributed by atoms with Gasteiger partial charge in [0, 0.05) is 12.0 Å². The number of hydrogen-bond acceptors (Lipinski definition) is 1. The van der Waals surface area contributed by atoms with Gasteiger partial charge in [0.1, 0.15) is 0 Å². The standard InChI is InChI=1S/C5H10FN/c6-3-4-1-2-5(4)7/h4-5H,1-3,7H2/t4-,5+/m1/s1. The Morgan fingerprint density at radius 2 is 2.29 bits per heavy atom. The highest BCUT2D eigenvalue weighted by molar-refractivity contribution is 4.82. The van der Waals surface area contributed by atoms with Crippen molar-refractivity contribution in [2.75, 3.05) is 6.67 Å². The monoisotopic (exact) mass is 103 g/mol. The van der Waals surface area contributed by atoms with Crippen molar-refractivity contribution >= 4 is 0 Å². The smallest absolute Gasteiger partial charge is 0.0937 e. The largest absolute Gasteiger partial charge is 0.327 e. The van der Waals surface area contributed by atoms with Crippen LogP contribution in [-0.4, -0.2) is 12.7 Å². The molecule has 0 bridgehead atoms. The van der Waals surface area contributed by atoms with Crippen LogP contribution in [-0.2, 0) is 0 Å². The minimum atomic E-state index is -0.221. The van der Waals surface area contributed by atoms with Gasteiger partial charge >= 0.3 is 0 Å². The van der Waals surface area contributed by atoms with E-state index in [9.17, 15) is 4.39 Å². The van der Waals surface area contributed by atoms with Crippen LogP contribution in [0.5, 0.6) is 0 Å². The Balaban J connectivity index is 2.16. The summed E-state index contributed by atoms with van der Waals surface area (Å²) in [6, 6.07) is 0.171. The van der Waals surface area contributed by atoms with Gasteiger partial charge in [0.05, 0.1) is 6.67 Å². The molecule has 0 aromatic carbocycles. The lowest BCUT2D eigenvalue weighted by Gasteiger charge is -2.30. The number of alkyl halides is 1. The van der Waals surface area contributed by atoms with Crippen LogP contribution in [0, 0.1) is 5.92 Å². The van der Waals surface area contributed by atoms with Crippen LogP contribution in [0.2, 0.25) is 0 Å². The van der Waals surface area contributed by atoms with Crippen LogP contribution in [0.15, 0.2) is 0 Å². The van der Waals surface area contributed by atoms with E-state index in [0.29, 0.717) is 0 Å². The molecule has 2 atom stereocenters. The van der Waals surface area contributed by atoms with Crippen molar-refractivity contribution in [1.82, 2.24) is 0 Å². The van der Waals surface area contributed by atoms with Gasteiger partial charge in [0.15, 0.2) is 0 Å². The fraction of sp³-hybridized carbons (Fsp3) is 1.00. The molecule has 1 fully saturated rings. The van der Waals surface area contributed by atoms with E-state index in [4.69, 9.17) is 5.73 Å². The quantitative estimate of drug-likeness (QED) is 0.519. The predicted molar refractivity (Wildman–Crippen MR) is 26.7 cm³/mol. The average molecular weight is 103 g/mol. The maximum absolute atomic E-state index is 11.6. The Bertz CT molecular complexity index is 63.1. The molecule has 0 radical (unpaired) electrons. The second kappa shape index (κ2) is 1.78. The summed E-state index contributed by atoms with van der Waals surface area (Å²) in [5.74, 6) is 0.194. The summed E-state index contributed by atoms with van der Waals surface area (Å²) < 4.78 is 11.6. The minimum absolute atomic E-state index is 0.171. The van der Waals surface area contributed by atoms with Crippen molar-refractivity contribution in [3.63, 3.8) is 0 Å². The third-order valence-corrected chi connectivity index (χ3v) is 1.67. The lowest BCUT2D eigenvalue weighted by atomic mass is 9.81. The molecule has 1 saturated carbocycles. The molecule has 1 rings (SSSR count). The maximum Gasteiger partial charge on any atom is 0.0937 e. The van der Waals surface area contributed by atoms with Crippen LogP contribution in [0.1, 0.15) is 12.8 Å². The molecule has 0 spiro atoms. The van der Waals surface area contributed by atoms with Gasteiger partial charge in [-0.3, -0.25) is 4.39 Å². The molecule has 0 unspecified atom stereocenters. The highest BCUT2D eigenvalue weighted by atomic mass is 19.1. The molecule has 0 aromatic heterocycles. The van der Waals surface area contributed by atoms with Crippen molar-refractivity contribution in [1.29, 1.82) is 0 Å². The van der Waals surface area contributed by atoms with Crippen LogP contribution in [0.25, 0.3) is 0 Å².